The molecule has 0 radical (unpaired) electrons. The summed E-state index contributed by atoms with van der Waals surface area (Å²) in [6.45, 7) is 3.59. The lowest BCUT2D eigenvalue weighted by Gasteiger charge is -2.22. The molecular weight excluding hydrogens is 452 g/mol. The summed E-state index contributed by atoms with van der Waals surface area (Å²) in [6, 6.07) is 23.7. The van der Waals surface area contributed by atoms with Gasteiger partial charge in [0, 0.05) is 5.69 Å². The van der Waals surface area contributed by atoms with Crippen molar-refractivity contribution >= 4 is 51.9 Å². The molecule has 1 N–H and O–H groups in total. The van der Waals surface area contributed by atoms with Crippen molar-refractivity contribution in [2.75, 3.05) is 5.32 Å². The molecule has 3 aromatic rings. The Balaban J connectivity index is 1.49. The molecule has 0 aliphatic carbocycles. The van der Waals surface area contributed by atoms with Crippen molar-refractivity contribution in [3.05, 3.63) is 94.9 Å². The van der Waals surface area contributed by atoms with Gasteiger partial charge in [-0.25, -0.2) is 0 Å². The van der Waals surface area contributed by atoms with Crippen molar-refractivity contribution in [3.63, 3.8) is 0 Å². The molecule has 5 nitrogen and oxygen atoms in total. The fourth-order valence-electron chi connectivity index (χ4n) is 3.33. The Morgan fingerprint density at radius 1 is 1.03 bits per heavy atom. The molecule has 1 atom stereocenters. The smallest absolute Gasteiger partial charge is 0.266 e. The zero-order chi connectivity index (χ0) is 23.4. The van der Waals surface area contributed by atoms with Gasteiger partial charge in [0.1, 0.15) is 21.9 Å². The number of hydrogen-bond donors (Lipinski definition) is 1. The number of para-hydroxylation sites is 2. The van der Waals surface area contributed by atoms with Crippen LogP contribution in [0.1, 0.15) is 18.1 Å². The number of rotatable bonds is 6. The molecule has 0 saturated carbocycles. The highest BCUT2D eigenvalue weighted by Gasteiger charge is 2.38. The second kappa shape index (κ2) is 10.0. The van der Waals surface area contributed by atoms with E-state index in [-0.39, 0.29) is 11.8 Å². The topological polar surface area (TPSA) is 58.6 Å². The molecule has 0 spiro atoms. The third kappa shape index (κ3) is 5.32. The van der Waals surface area contributed by atoms with E-state index >= 15 is 0 Å². The Morgan fingerprint density at radius 2 is 1.73 bits per heavy atom. The Hall–Kier alpha value is -3.42. The lowest BCUT2D eigenvalue weighted by Crippen LogP contribution is -2.44. The van der Waals surface area contributed by atoms with E-state index in [1.54, 1.807) is 13.0 Å². The number of benzene rings is 3. The molecule has 1 unspecified atom stereocenters. The zero-order valence-corrected chi connectivity index (χ0v) is 19.8. The Labute approximate surface area is 202 Å². The summed E-state index contributed by atoms with van der Waals surface area (Å²) in [4.78, 5) is 27.7. The summed E-state index contributed by atoms with van der Waals surface area (Å²) >= 11 is 6.62. The molecule has 3 aromatic carbocycles. The maximum atomic E-state index is 13.1. The fourth-order valence-corrected chi connectivity index (χ4v) is 4.74. The van der Waals surface area contributed by atoms with Crippen molar-refractivity contribution in [3.8, 4) is 11.5 Å². The van der Waals surface area contributed by atoms with Crippen LogP contribution in [0.25, 0.3) is 6.08 Å². The van der Waals surface area contributed by atoms with Crippen molar-refractivity contribution in [1.29, 1.82) is 0 Å². The molecule has 1 saturated heterocycles. The van der Waals surface area contributed by atoms with Crippen LogP contribution in [0.15, 0.2) is 83.8 Å². The highest BCUT2D eigenvalue weighted by Crippen LogP contribution is 2.35. The van der Waals surface area contributed by atoms with E-state index in [4.69, 9.17) is 17.0 Å². The van der Waals surface area contributed by atoms with E-state index in [1.165, 1.54) is 16.7 Å². The molecule has 33 heavy (non-hydrogen) atoms. The molecule has 7 heteroatoms. The highest BCUT2D eigenvalue weighted by atomic mass is 32.2. The molecule has 0 aromatic heterocycles. The zero-order valence-electron chi connectivity index (χ0n) is 18.1. The number of ether oxygens (including phenoxy) is 1. The van der Waals surface area contributed by atoms with Gasteiger partial charge in [0.2, 0.25) is 5.91 Å². The van der Waals surface area contributed by atoms with Gasteiger partial charge < -0.3 is 10.1 Å². The Kier molecular flexibility index (Phi) is 6.91. The quantitative estimate of drug-likeness (QED) is 0.350. The van der Waals surface area contributed by atoms with Gasteiger partial charge in [0.15, 0.2) is 0 Å². The standard InChI is InChI=1S/C26H22N2O3S2/c1-17-9-6-7-14-22(17)27-24(29)18(2)28-25(30)23(33-26(28)32)16-19-10-8-13-21(15-19)31-20-11-4-3-5-12-20/h3-16,18H,1-2H3,(H,27,29)/b23-16-. The van der Waals surface area contributed by atoms with Crippen LogP contribution in [-0.4, -0.2) is 27.1 Å². The van der Waals surface area contributed by atoms with Crippen LogP contribution >= 0.6 is 24.0 Å². The van der Waals surface area contributed by atoms with Crippen molar-refractivity contribution in [2.45, 2.75) is 19.9 Å². The molecule has 1 fully saturated rings. The van der Waals surface area contributed by atoms with Gasteiger partial charge in [-0.05, 0) is 61.4 Å². The minimum atomic E-state index is -0.740. The molecule has 1 heterocycles. The lowest BCUT2D eigenvalue weighted by atomic mass is 10.1. The van der Waals surface area contributed by atoms with Crippen molar-refractivity contribution in [1.82, 2.24) is 4.90 Å². The van der Waals surface area contributed by atoms with Crippen LogP contribution in [0.5, 0.6) is 11.5 Å². The first-order chi connectivity index (χ1) is 15.9. The number of carbonyl (C=O) groups is 2. The fraction of sp³-hybridized carbons (Fsp3) is 0.115. The number of thiocarbonyl (C=S) groups is 1. The van der Waals surface area contributed by atoms with Gasteiger partial charge in [-0.1, -0.05) is 72.5 Å². The Morgan fingerprint density at radius 3 is 2.48 bits per heavy atom. The van der Waals surface area contributed by atoms with Crippen LogP contribution < -0.4 is 10.1 Å². The summed E-state index contributed by atoms with van der Waals surface area (Å²) in [5, 5.41) is 2.89. The highest BCUT2D eigenvalue weighted by molar-refractivity contribution is 8.26. The molecule has 4 rings (SSSR count). The number of amides is 2. The number of aryl methyl sites for hydroxylation is 1. The van der Waals surface area contributed by atoms with Crippen molar-refractivity contribution in [2.24, 2.45) is 0 Å². The van der Waals surface area contributed by atoms with E-state index in [1.807, 2.05) is 85.8 Å². The minimum Gasteiger partial charge on any atom is -0.457 e. The van der Waals surface area contributed by atoms with Gasteiger partial charge in [-0.15, -0.1) is 0 Å². The lowest BCUT2D eigenvalue weighted by molar-refractivity contribution is -0.129. The number of anilines is 1. The Bertz CT molecular complexity index is 1240. The van der Waals surface area contributed by atoms with Crippen LogP contribution in [0.2, 0.25) is 0 Å². The average Bonchev–Trinajstić information content (AvgIpc) is 3.08. The van der Waals surface area contributed by atoms with E-state index in [0.29, 0.717) is 20.7 Å². The summed E-state index contributed by atoms with van der Waals surface area (Å²) in [5.74, 6) is 0.817. The predicted molar refractivity (Wildman–Crippen MR) is 137 cm³/mol. The van der Waals surface area contributed by atoms with Gasteiger partial charge >= 0.3 is 0 Å². The van der Waals surface area contributed by atoms with Crippen LogP contribution in [0.3, 0.4) is 0 Å². The largest absolute Gasteiger partial charge is 0.457 e. The first-order valence-electron chi connectivity index (χ1n) is 10.4. The number of thioether (sulfide) groups is 1. The van der Waals surface area contributed by atoms with Gasteiger partial charge in [0.25, 0.3) is 5.91 Å². The second-order valence-corrected chi connectivity index (χ2v) is 9.20. The third-order valence-corrected chi connectivity index (χ3v) is 6.46. The predicted octanol–water partition coefficient (Wildman–Crippen LogP) is 6.02. The van der Waals surface area contributed by atoms with Gasteiger partial charge in [0.05, 0.1) is 4.91 Å². The molecule has 1 aliphatic heterocycles. The normalized spacial score (nSPS) is 15.6. The summed E-state index contributed by atoms with van der Waals surface area (Å²) in [5.41, 5.74) is 2.47. The van der Waals surface area contributed by atoms with E-state index in [9.17, 15) is 9.59 Å². The van der Waals surface area contributed by atoms with Crippen LogP contribution in [0.4, 0.5) is 5.69 Å². The van der Waals surface area contributed by atoms with Crippen LogP contribution in [-0.2, 0) is 9.59 Å². The maximum Gasteiger partial charge on any atom is 0.266 e. The summed E-state index contributed by atoms with van der Waals surface area (Å²) in [6.07, 6.45) is 1.77. The molecule has 0 bridgehead atoms. The first kappa shape index (κ1) is 22.8. The van der Waals surface area contributed by atoms with E-state index in [2.05, 4.69) is 5.32 Å². The number of nitrogens with zero attached hydrogens (tertiary/aromatic N) is 1. The minimum absolute atomic E-state index is 0.285. The van der Waals surface area contributed by atoms with Crippen molar-refractivity contribution < 1.29 is 14.3 Å². The SMILES string of the molecule is Cc1ccccc1NC(=O)C(C)N1C(=O)/C(=C/c2cccc(Oc3ccccc3)c2)SC1=S. The number of carbonyl (C=O) groups excluding carboxylic acids is 2. The molecule has 166 valence electrons. The average molecular weight is 475 g/mol. The van der Waals surface area contributed by atoms with Gasteiger partial charge in [-0.2, -0.15) is 0 Å². The monoisotopic (exact) mass is 474 g/mol. The summed E-state index contributed by atoms with van der Waals surface area (Å²) < 4.78 is 6.24. The maximum absolute atomic E-state index is 13.1. The van der Waals surface area contributed by atoms with E-state index in [0.717, 1.165) is 16.9 Å². The third-order valence-electron chi connectivity index (χ3n) is 5.13. The van der Waals surface area contributed by atoms with Gasteiger partial charge in [-0.3, -0.25) is 14.5 Å². The molecule has 2 amide bonds. The van der Waals surface area contributed by atoms with Crippen LogP contribution in [0, 0.1) is 6.92 Å². The number of nitrogens with one attached hydrogen (secondary N) is 1. The van der Waals surface area contributed by atoms with E-state index < -0.39 is 6.04 Å². The first-order valence-corrected chi connectivity index (χ1v) is 11.6. The second-order valence-electron chi connectivity index (χ2n) is 7.52. The molecular formula is C26H22N2O3S2. The number of hydrogen-bond acceptors (Lipinski definition) is 5. The summed E-state index contributed by atoms with van der Waals surface area (Å²) in [7, 11) is 0. The molecule has 1 aliphatic rings.